The van der Waals surface area contributed by atoms with Crippen molar-refractivity contribution < 1.29 is 13.2 Å². The monoisotopic (exact) mass is 215 g/mol. The highest BCUT2D eigenvalue weighted by Crippen LogP contribution is 2.21. The first kappa shape index (κ1) is 9.35. The molecule has 1 aliphatic rings. The van der Waals surface area contributed by atoms with Gasteiger partial charge in [0.1, 0.15) is 11.5 Å². The summed E-state index contributed by atoms with van der Waals surface area (Å²) in [4.78, 5) is 14.5. The molecule has 0 unspecified atom stereocenters. The van der Waals surface area contributed by atoms with Crippen molar-refractivity contribution in [3.8, 4) is 0 Å². The zero-order valence-corrected chi connectivity index (χ0v) is 8.12. The Morgan fingerprint density at radius 1 is 1.50 bits per heavy atom. The molecule has 2 heterocycles. The first-order chi connectivity index (χ1) is 6.54. The molecule has 0 atom stereocenters. The van der Waals surface area contributed by atoms with E-state index in [4.69, 9.17) is 5.14 Å². The zero-order chi connectivity index (χ0) is 10.3. The third-order valence-corrected chi connectivity index (χ3v) is 3.16. The Kier molecular flexibility index (Phi) is 1.93. The summed E-state index contributed by atoms with van der Waals surface area (Å²) in [5.74, 6) is 0.621. The Labute approximate surface area is 80.8 Å². The van der Waals surface area contributed by atoms with Crippen molar-refractivity contribution in [1.82, 2.24) is 9.55 Å². The van der Waals surface area contributed by atoms with Crippen LogP contribution in [0.15, 0.2) is 5.03 Å². The van der Waals surface area contributed by atoms with Gasteiger partial charge in [-0.1, -0.05) is 0 Å². The Balaban J connectivity index is 2.73. The average Bonchev–Trinajstić information content (AvgIpc) is 2.57. The fourth-order valence-corrected chi connectivity index (χ4v) is 2.58. The molecule has 14 heavy (non-hydrogen) atoms. The molecule has 1 aromatic heterocycles. The second-order valence-corrected chi connectivity index (χ2v) is 4.61. The van der Waals surface area contributed by atoms with E-state index in [1.807, 2.05) is 0 Å². The lowest BCUT2D eigenvalue weighted by Crippen LogP contribution is -2.18. The number of aldehydes is 1. The van der Waals surface area contributed by atoms with Crippen LogP contribution in [0.3, 0.4) is 0 Å². The molecule has 0 saturated heterocycles. The van der Waals surface area contributed by atoms with Crippen LogP contribution in [0.2, 0.25) is 0 Å². The molecule has 0 aromatic carbocycles. The molecule has 0 radical (unpaired) electrons. The molecule has 1 aliphatic heterocycles. The Morgan fingerprint density at radius 2 is 2.21 bits per heavy atom. The molecule has 0 bridgehead atoms. The van der Waals surface area contributed by atoms with Crippen molar-refractivity contribution in [3.05, 3.63) is 11.5 Å². The van der Waals surface area contributed by atoms with Gasteiger partial charge in [0.05, 0.1) is 0 Å². The first-order valence-electron chi connectivity index (χ1n) is 4.11. The number of primary sulfonamides is 1. The number of carbonyl (C=O) groups is 1. The van der Waals surface area contributed by atoms with E-state index < -0.39 is 10.0 Å². The number of rotatable bonds is 2. The summed E-state index contributed by atoms with van der Waals surface area (Å²) < 4.78 is 23.9. The lowest BCUT2D eigenvalue weighted by atomic mass is 10.3. The van der Waals surface area contributed by atoms with Gasteiger partial charge in [0.15, 0.2) is 11.3 Å². The van der Waals surface area contributed by atoms with Crippen LogP contribution in [0.4, 0.5) is 0 Å². The highest BCUT2D eigenvalue weighted by atomic mass is 32.2. The average molecular weight is 215 g/mol. The van der Waals surface area contributed by atoms with E-state index in [1.165, 1.54) is 4.57 Å². The van der Waals surface area contributed by atoms with Crippen LogP contribution in [0.5, 0.6) is 0 Å². The fourth-order valence-electron chi connectivity index (χ4n) is 1.70. The number of hydrogen-bond acceptors (Lipinski definition) is 4. The molecular formula is C7H9N3O3S. The fraction of sp³-hybridized carbons (Fsp3) is 0.429. The van der Waals surface area contributed by atoms with Crippen LogP contribution in [-0.2, 0) is 23.0 Å². The molecule has 7 heteroatoms. The minimum Gasteiger partial charge on any atom is -0.317 e. The van der Waals surface area contributed by atoms with Crippen molar-refractivity contribution in [3.63, 3.8) is 0 Å². The molecule has 0 spiro atoms. The van der Waals surface area contributed by atoms with Crippen molar-refractivity contribution in [2.45, 2.75) is 24.4 Å². The number of aromatic nitrogens is 2. The lowest BCUT2D eigenvalue weighted by Gasteiger charge is -2.01. The van der Waals surface area contributed by atoms with Gasteiger partial charge in [0, 0.05) is 13.0 Å². The van der Waals surface area contributed by atoms with Crippen molar-refractivity contribution >= 4 is 16.3 Å². The number of carbonyl (C=O) groups excluding carboxylic acids is 1. The minimum absolute atomic E-state index is 0.0813. The number of fused-ring (bicyclic) bond motifs is 1. The number of nitrogens with zero attached hydrogens (tertiary/aromatic N) is 2. The zero-order valence-electron chi connectivity index (χ0n) is 7.30. The third kappa shape index (κ3) is 1.25. The molecule has 0 amide bonds. The normalized spacial score (nSPS) is 15.5. The molecule has 0 aliphatic carbocycles. The van der Waals surface area contributed by atoms with E-state index >= 15 is 0 Å². The summed E-state index contributed by atoms with van der Waals surface area (Å²) >= 11 is 0. The molecular weight excluding hydrogens is 206 g/mol. The van der Waals surface area contributed by atoms with E-state index in [2.05, 4.69) is 4.98 Å². The van der Waals surface area contributed by atoms with Crippen molar-refractivity contribution in [2.24, 2.45) is 5.14 Å². The first-order valence-corrected chi connectivity index (χ1v) is 5.66. The molecule has 2 rings (SSSR count). The topological polar surface area (TPSA) is 95.1 Å². The van der Waals surface area contributed by atoms with Crippen LogP contribution >= 0.6 is 0 Å². The quantitative estimate of drug-likeness (QED) is 0.659. The number of nitrogens with two attached hydrogens (primary N) is 1. The van der Waals surface area contributed by atoms with Gasteiger partial charge in [-0.25, -0.2) is 18.5 Å². The minimum atomic E-state index is -3.86. The van der Waals surface area contributed by atoms with E-state index in [0.29, 0.717) is 25.1 Å². The largest absolute Gasteiger partial charge is 0.317 e. The highest BCUT2D eigenvalue weighted by Gasteiger charge is 2.27. The number of aryl methyl sites for hydroxylation is 1. The number of hydrogen-bond donors (Lipinski definition) is 1. The SMILES string of the molecule is NS(=O)(=O)c1c(C=O)nc2n1CCC2. The van der Waals surface area contributed by atoms with Gasteiger partial charge < -0.3 is 4.57 Å². The molecule has 0 saturated carbocycles. The van der Waals surface area contributed by atoms with Gasteiger partial charge in [0.25, 0.3) is 10.0 Å². The molecule has 0 fully saturated rings. The molecule has 2 N–H and O–H groups in total. The van der Waals surface area contributed by atoms with Crippen LogP contribution in [0, 0.1) is 0 Å². The summed E-state index contributed by atoms with van der Waals surface area (Å²) in [5.41, 5.74) is -0.0813. The van der Waals surface area contributed by atoms with Crippen LogP contribution < -0.4 is 5.14 Å². The van der Waals surface area contributed by atoms with Gasteiger partial charge in [-0.05, 0) is 6.42 Å². The van der Waals surface area contributed by atoms with Gasteiger partial charge in [-0.15, -0.1) is 0 Å². The summed E-state index contributed by atoms with van der Waals surface area (Å²) in [5, 5.41) is 4.85. The number of sulfonamides is 1. The second-order valence-electron chi connectivity index (χ2n) is 3.14. The summed E-state index contributed by atoms with van der Waals surface area (Å²) in [6, 6.07) is 0. The summed E-state index contributed by atoms with van der Waals surface area (Å²) in [6.45, 7) is 0.557. The number of imidazole rings is 1. The van der Waals surface area contributed by atoms with Crippen LogP contribution in [0.1, 0.15) is 22.7 Å². The van der Waals surface area contributed by atoms with Crippen LogP contribution in [-0.4, -0.2) is 24.3 Å². The standard InChI is InChI=1S/C7H9N3O3S/c8-14(12,13)7-5(4-11)9-6-2-1-3-10(6)7/h4H,1-3H2,(H2,8,12,13). The molecule has 6 nitrogen and oxygen atoms in total. The predicted molar refractivity (Wildman–Crippen MR) is 47.3 cm³/mol. The predicted octanol–water partition coefficient (Wildman–Crippen LogP) is -0.711. The van der Waals surface area contributed by atoms with E-state index in [0.717, 1.165) is 6.42 Å². The van der Waals surface area contributed by atoms with Crippen molar-refractivity contribution in [2.75, 3.05) is 0 Å². The van der Waals surface area contributed by atoms with E-state index in [1.54, 1.807) is 0 Å². The van der Waals surface area contributed by atoms with Gasteiger partial charge in [-0.2, -0.15) is 0 Å². The Hall–Kier alpha value is -1.21. The van der Waals surface area contributed by atoms with E-state index in [9.17, 15) is 13.2 Å². The Morgan fingerprint density at radius 3 is 2.79 bits per heavy atom. The maximum absolute atomic E-state index is 11.2. The van der Waals surface area contributed by atoms with E-state index in [-0.39, 0.29) is 10.7 Å². The smallest absolute Gasteiger partial charge is 0.256 e. The summed E-state index contributed by atoms with van der Waals surface area (Å²) in [6.07, 6.45) is 1.95. The maximum atomic E-state index is 11.2. The van der Waals surface area contributed by atoms with Gasteiger partial charge >= 0.3 is 0 Å². The molecule has 76 valence electrons. The van der Waals surface area contributed by atoms with Gasteiger partial charge in [0.2, 0.25) is 0 Å². The third-order valence-electron chi connectivity index (χ3n) is 2.19. The Bertz CT molecular complexity index is 489. The highest BCUT2D eigenvalue weighted by molar-refractivity contribution is 7.89. The maximum Gasteiger partial charge on any atom is 0.256 e. The van der Waals surface area contributed by atoms with Gasteiger partial charge in [-0.3, -0.25) is 4.79 Å². The van der Waals surface area contributed by atoms with Crippen molar-refractivity contribution in [1.29, 1.82) is 0 Å². The molecule has 1 aromatic rings. The second kappa shape index (κ2) is 2.89. The lowest BCUT2D eigenvalue weighted by molar-refractivity contribution is 0.111. The summed E-state index contributed by atoms with van der Waals surface area (Å²) in [7, 11) is -3.86. The van der Waals surface area contributed by atoms with Crippen LogP contribution in [0.25, 0.3) is 0 Å².